The summed E-state index contributed by atoms with van der Waals surface area (Å²) in [6.07, 6.45) is 1.84. The van der Waals surface area contributed by atoms with Crippen molar-refractivity contribution in [1.82, 2.24) is 4.72 Å². The number of sulfonamides is 1. The third-order valence-corrected chi connectivity index (χ3v) is 8.07. The van der Waals surface area contributed by atoms with Crippen molar-refractivity contribution in [3.05, 3.63) is 90.0 Å². The van der Waals surface area contributed by atoms with Crippen molar-refractivity contribution in [3.8, 4) is 0 Å². The smallest absolute Gasteiger partial charge is 0.219 e. The van der Waals surface area contributed by atoms with Crippen LogP contribution in [-0.2, 0) is 32.7 Å². The summed E-state index contributed by atoms with van der Waals surface area (Å²) < 4.78 is 54.6. The van der Waals surface area contributed by atoms with Crippen molar-refractivity contribution in [2.24, 2.45) is 0 Å². The fraction of sp³-hybridized carbons (Fsp3) is 0.217. The Kier molecular flexibility index (Phi) is 7.07. The monoisotopic (exact) mass is 443 g/mol. The highest BCUT2D eigenvalue weighted by Gasteiger charge is 2.24. The fourth-order valence-corrected chi connectivity index (χ4v) is 5.92. The molecular formula is C23H25NO4S2. The molecule has 0 aliphatic rings. The Morgan fingerprint density at radius 2 is 1.37 bits per heavy atom. The summed E-state index contributed by atoms with van der Waals surface area (Å²) in [7, 11) is -7.67. The standard InChI is InChI=1S/C23H25NO4S2/c1-2-9-20-14-15-22(29(25,26)21-12-7-4-8-13-21)18-23(20)30(27,28)24-17-16-19-10-5-3-6-11-19/h3-8,10-15,18,24H,2,9,16-17H2,1H3. The van der Waals surface area contributed by atoms with Crippen molar-refractivity contribution in [2.45, 2.75) is 40.9 Å². The molecular weight excluding hydrogens is 418 g/mol. The second-order valence-corrected chi connectivity index (χ2v) is 10.7. The first-order valence-corrected chi connectivity index (χ1v) is 12.8. The summed E-state index contributed by atoms with van der Waals surface area (Å²) >= 11 is 0. The lowest BCUT2D eigenvalue weighted by Crippen LogP contribution is -2.27. The summed E-state index contributed by atoms with van der Waals surface area (Å²) in [5.74, 6) is 0. The van der Waals surface area contributed by atoms with E-state index in [1.54, 1.807) is 24.3 Å². The number of nitrogens with one attached hydrogen (secondary N) is 1. The van der Waals surface area contributed by atoms with Gasteiger partial charge in [0.2, 0.25) is 19.9 Å². The van der Waals surface area contributed by atoms with Crippen LogP contribution in [0.25, 0.3) is 0 Å². The van der Waals surface area contributed by atoms with E-state index in [0.717, 1.165) is 12.0 Å². The molecule has 5 nitrogen and oxygen atoms in total. The van der Waals surface area contributed by atoms with E-state index >= 15 is 0 Å². The molecule has 0 aromatic heterocycles. The third kappa shape index (κ3) is 5.16. The molecule has 1 N–H and O–H groups in total. The van der Waals surface area contributed by atoms with Crippen LogP contribution < -0.4 is 4.72 Å². The second-order valence-electron chi connectivity index (χ2n) is 6.97. The topological polar surface area (TPSA) is 80.3 Å². The molecule has 0 saturated carbocycles. The van der Waals surface area contributed by atoms with E-state index in [0.29, 0.717) is 18.4 Å². The van der Waals surface area contributed by atoms with Crippen LogP contribution in [0.1, 0.15) is 24.5 Å². The molecule has 0 radical (unpaired) electrons. The molecule has 0 bridgehead atoms. The van der Waals surface area contributed by atoms with Crippen LogP contribution in [0.5, 0.6) is 0 Å². The minimum atomic E-state index is -3.86. The van der Waals surface area contributed by atoms with Crippen LogP contribution in [0.3, 0.4) is 0 Å². The van der Waals surface area contributed by atoms with Gasteiger partial charge in [-0.2, -0.15) is 0 Å². The van der Waals surface area contributed by atoms with Crippen LogP contribution in [-0.4, -0.2) is 23.4 Å². The molecule has 3 rings (SSSR count). The second kappa shape index (κ2) is 9.55. The summed E-state index contributed by atoms with van der Waals surface area (Å²) in [5, 5.41) is 0. The first kappa shape index (κ1) is 22.2. The Hall–Kier alpha value is -2.48. The van der Waals surface area contributed by atoms with Crippen molar-refractivity contribution < 1.29 is 16.8 Å². The predicted molar refractivity (Wildman–Crippen MR) is 118 cm³/mol. The Bertz CT molecular complexity index is 1190. The molecule has 158 valence electrons. The zero-order chi connectivity index (χ0) is 21.6. The lowest BCUT2D eigenvalue weighted by Gasteiger charge is -2.14. The Morgan fingerprint density at radius 1 is 0.733 bits per heavy atom. The molecule has 0 heterocycles. The van der Waals surface area contributed by atoms with Crippen molar-refractivity contribution in [2.75, 3.05) is 6.54 Å². The molecule has 3 aromatic carbocycles. The molecule has 0 atom stereocenters. The Balaban J connectivity index is 1.92. The summed E-state index contributed by atoms with van der Waals surface area (Å²) in [6.45, 7) is 2.18. The molecule has 0 amide bonds. The van der Waals surface area contributed by atoms with Crippen molar-refractivity contribution in [1.29, 1.82) is 0 Å². The van der Waals surface area contributed by atoms with Crippen molar-refractivity contribution in [3.63, 3.8) is 0 Å². The summed E-state index contributed by atoms with van der Waals surface area (Å²) in [4.78, 5) is 0.125. The van der Waals surface area contributed by atoms with Crippen LogP contribution in [0.2, 0.25) is 0 Å². The molecule has 3 aromatic rings. The highest BCUT2D eigenvalue weighted by Crippen LogP contribution is 2.26. The van der Waals surface area contributed by atoms with Gasteiger partial charge in [0.15, 0.2) is 0 Å². The maximum Gasteiger partial charge on any atom is 0.240 e. The summed E-state index contributed by atoms with van der Waals surface area (Å²) in [6, 6.07) is 22.0. The minimum absolute atomic E-state index is 0.0226. The third-order valence-electron chi connectivity index (χ3n) is 4.76. The average molecular weight is 444 g/mol. The van der Waals surface area contributed by atoms with E-state index in [2.05, 4.69) is 4.72 Å². The molecule has 7 heteroatoms. The molecule has 0 aliphatic heterocycles. The van der Waals surface area contributed by atoms with Crippen molar-refractivity contribution >= 4 is 19.9 Å². The lowest BCUT2D eigenvalue weighted by molar-refractivity contribution is 0.579. The summed E-state index contributed by atoms with van der Waals surface area (Å²) in [5.41, 5.74) is 1.63. The van der Waals surface area contributed by atoms with Gasteiger partial charge in [0, 0.05) is 6.54 Å². The highest BCUT2D eigenvalue weighted by molar-refractivity contribution is 7.91. The van der Waals surface area contributed by atoms with Crippen LogP contribution in [0.4, 0.5) is 0 Å². The van der Waals surface area contributed by atoms with Gasteiger partial charge in [0.05, 0.1) is 14.7 Å². The van der Waals surface area contributed by atoms with Gasteiger partial charge >= 0.3 is 0 Å². The average Bonchev–Trinajstić information content (AvgIpc) is 2.75. The molecule has 0 unspecified atom stereocenters. The van der Waals surface area contributed by atoms with Gasteiger partial charge in [-0.05, 0) is 48.2 Å². The normalized spacial score (nSPS) is 12.0. The number of aryl methyl sites for hydroxylation is 1. The van der Waals surface area contributed by atoms with E-state index in [-0.39, 0.29) is 21.2 Å². The first-order valence-electron chi connectivity index (χ1n) is 9.81. The van der Waals surface area contributed by atoms with E-state index in [1.165, 1.54) is 24.3 Å². The van der Waals surface area contributed by atoms with E-state index in [1.807, 2.05) is 37.3 Å². The van der Waals surface area contributed by atoms with Gasteiger partial charge in [0.1, 0.15) is 0 Å². The molecule has 0 aliphatic carbocycles. The molecule has 0 fully saturated rings. The van der Waals surface area contributed by atoms with Gasteiger partial charge in [-0.3, -0.25) is 0 Å². The highest BCUT2D eigenvalue weighted by atomic mass is 32.2. The van der Waals surface area contributed by atoms with Gasteiger partial charge < -0.3 is 0 Å². The molecule has 30 heavy (non-hydrogen) atoms. The van der Waals surface area contributed by atoms with Crippen LogP contribution in [0, 0.1) is 0 Å². The van der Waals surface area contributed by atoms with Gasteiger partial charge in [-0.25, -0.2) is 21.6 Å². The largest absolute Gasteiger partial charge is 0.240 e. The number of hydrogen-bond donors (Lipinski definition) is 1. The van der Waals surface area contributed by atoms with Gasteiger partial charge in [0.25, 0.3) is 0 Å². The van der Waals surface area contributed by atoms with Gasteiger partial charge in [-0.15, -0.1) is 0 Å². The Morgan fingerprint density at radius 3 is 2.00 bits per heavy atom. The maximum atomic E-state index is 13.0. The van der Waals surface area contributed by atoms with Crippen LogP contribution >= 0.6 is 0 Å². The quantitative estimate of drug-likeness (QED) is 0.542. The van der Waals surface area contributed by atoms with Gasteiger partial charge in [-0.1, -0.05) is 67.9 Å². The van der Waals surface area contributed by atoms with E-state index < -0.39 is 19.9 Å². The van der Waals surface area contributed by atoms with E-state index in [4.69, 9.17) is 0 Å². The number of hydrogen-bond acceptors (Lipinski definition) is 4. The predicted octanol–water partition coefficient (Wildman–Crippen LogP) is 3.99. The number of sulfone groups is 1. The fourth-order valence-electron chi connectivity index (χ4n) is 3.22. The zero-order valence-corrected chi connectivity index (χ0v) is 18.4. The minimum Gasteiger partial charge on any atom is -0.219 e. The zero-order valence-electron chi connectivity index (χ0n) is 16.8. The first-order chi connectivity index (χ1) is 14.3. The molecule has 0 saturated heterocycles. The van der Waals surface area contributed by atoms with Crippen LogP contribution in [0.15, 0.2) is 93.5 Å². The van der Waals surface area contributed by atoms with E-state index in [9.17, 15) is 16.8 Å². The Labute approximate surface area is 178 Å². The SMILES string of the molecule is CCCc1ccc(S(=O)(=O)c2ccccc2)cc1S(=O)(=O)NCCc1ccccc1. The number of benzene rings is 3. The lowest BCUT2D eigenvalue weighted by atomic mass is 10.1. The number of rotatable bonds is 9. The molecule has 0 spiro atoms. The maximum absolute atomic E-state index is 13.0.